The highest BCUT2D eigenvalue weighted by molar-refractivity contribution is 5.37. The van der Waals surface area contributed by atoms with Gasteiger partial charge in [-0.1, -0.05) is 71.0 Å². The van der Waals surface area contributed by atoms with Crippen molar-refractivity contribution >= 4 is 0 Å². The smallest absolute Gasteiger partial charge is 0.240 e. The summed E-state index contributed by atoms with van der Waals surface area (Å²) in [6.07, 6.45) is 1.58. The van der Waals surface area contributed by atoms with Crippen LogP contribution in [0.2, 0.25) is 0 Å². The predicted molar refractivity (Wildman–Crippen MR) is 105 cm³/mol. The van der Waals surface area contributed by atoms with E-state index in [2.05, 4.69) is 46.4 Å². The molecule has 0 fully saturated rings. The largest absolute Gasteiger partial charge is 0.364 e. The fourth-order valence-electron chi connectivity index (χ4n) is 3.24. The predicted octanol–water partition coefficient (Wildman–Crippen LogP) is 4.43. The second-order valence-corrected chi connectivity index (χ2v) is 6.82. The first-order valence-electron chi connectivity index (χ1n) is 9.25. The average Bonchev–Trinajstić information content (AvgIpc) is 3.42. The van der Waals surface area contributed by atoms with Crippen LogP contribution in [0.1, 0.15) is 47.4 Å². The Balaban J connectivity index is 1.58. The number of benzene rings is 2. The Bertz CT molecular complexity index is 944. The molecule has 2 aromatic heterocycles. The summed E-state index contributed by atoms with van der Waals surface area (Å²) in [4.78, 5) is 6.80. The van der Waals surface area contributed by atoms with E-state index in [0.717, 1.165) is 16.8 Å². The van der Waals surface area contributed by atoms with Gasteiger partial charge in [0.2, 0.25) is 5.89 Å². The standard InChI is InChI=1S/C22H22N4O2/c1-16(19-13-14-27-24-19)26(2)15-20-23-22(25-28-20)21(17-9-5-3-6-10-17)18-11-7-4-8-12-18/h3-14,16,21H,15H2,1-2H3/t16-/m0/s1. The van der Waals surface area contributed by atoms with Gasteiger partial charge in [-0.25, -0.2) is 0 Å². The van der Waals surface area contributed by atoms with Gasteiger partial charge in [-0.3, -0.25) is 4.90 Å². The van der Waals surface area contributed by atoms with E-state index in [9.17, 15) is 0 Å². The van der Waals surface area contributed by atoms with Crippen LogP contribution >= 0.6 is 0 Å². The highest BCUT2D eigenvalue weighted by atomic mass is 16.5. The highest BCUT2D eigenvalue weighted by Crippen LogP contribution is 2.30. The molecule has 0 radical (unpaired) electrons. The molecule has 2 aromatic carbocycles. The fourth-order valence-corrected chi connectivity index (χ4v) is 3.24. The van der Waals surface area contributed by atoms with Gasteiger partial charge in [0.1, 0.15) is 12.0 Å². The summed E-state index contributed by atoms with van der Waals surface area (Å²) in [7, 11) is 2.00. The van der Waals surface area contributed by atoms with Crippen LogP contribution in [0.3, 0.4) is 0 Å². The summed E-state index contributed by atoms with van der Waals surface area (Å²) >= 11 is 0. The zero-order valence-corrected chi connectivity index (χ0v) is 15.9. The summed E-state index contributed by atoms with van der Waals surface area (Å²) in [5.41, 5.74) is 3.13. The maximum Gasteiger partial charge on any atom is 0.240 e. The summed E-state index contributed by atoms with van der Waals surface area (Å²) in [6.45, 7) is 2.59. The topological polar surface area (TPSA) is 68.2 Å². The molecular formula is C22H22N4O2. The average molecular weight is 374 g/mol. The second kappa shape index (κ2) is 8.19. The molecule has 1 atom stereocenters. The number of hydrogen-bond acceptors (Lipinski definition) is 6. The van der Waals surface area contributed by atoms with E-state index in [1.807, 2.05) is 49.5 Å². The zero-order chi connectivity index (χ0) is 19.3. The van der Waals surface area contributed by atoms with Crippen LogP contribution in [0.15, 0.2) is 82.0 Å². The third-order valence-corrected chi connectivity index (χ3v) is 4.94. The summed E-state index contributed by atoms with van der Waals surface area (Å²) in [5, 5.41) is 8.31. The summed E-state index contributed by atoms with van der Waals surface area (Å²) in [6, 6.07) is 22.4. The lowest BCUT2D eigenvalue weighted by Gasteiger charge is -2.20. The van der Waals surface area contributed by atoms with Crippen molar-refractivity contribution in [3.63, 3.8) is 0 Å². The third-order valence-electron chi connectivity index (χ3n) is 4.94. The number of rotatable bonds is 7. The van der Waals surface area contributed by atoms with Gasteiger partial charge in [-0.2, -0.15) is 4.98 Å². The number of hydrogen-bond donors (Lipinski definition) is 0. The maximum absolute atomic E-state index is 5.58. The Hall–Kier alpha value is -3.25. The first-order chi connectivity index (χ1) is 13.7. The van der Waals surface area contributed by atoms with Crippen molar-refractivity contribution in [1.29, 1.82) is 0 Å². The molecule has 0 saturated heterocycles. The molecular weight excluding hydrogens is 352 g/mol. The molecule has 0 spiro atoms. The zero-order valence-electron chi connectivity index (χ0n) is 15.9. The van der Waals surface area contributed by atoms with Crippen molar-refractivity contribution in [2.24, 2.45) is 0 Å². The Labute approximate surface area is 163 Å². The molecule has 0 unspecified atom stereocenters. The van der Waals surface area contributed by atoms with Crippen molar-refractivity contribution in [3.05, 3.63) is 102 Å². The first-order valence-corrected chi connectivity index (χ1v) is 9.25. The van der Waals surface area contributed by atoms with E-state index in [4.69, 9.17) is 14.0 Å². The molecule has 0 aliphatic rings. The second-order valence-electron chi connectivity index (χ2n) is 6.82. The SMILES string of the molecule is C[C@@H](c1ccon1)N(C)Cc1nc(C(c2ccccc2)c2ccccc2)no1. The van der Waals surface area contributed by atoms with E-state index >= 15 is 0 Å². The van der Waals surface area contributed by atoms with E-state index in [1.54, 1.807) is 6.26 Å². The van der Waals surface area contributed by atoms with Crippen molar-refractivity contribution in [3.8, 4) is 0 Å². The molecule has 0 N–H and O–H groups in total. The normalized spacial score (nSPS) is 12.6. The maximum atomic E-state index is 5.58. The number of aromatic nitrogens is 3. The van der Waals surface area contributed by atoms with Gasteiger partial charge < -0.3 is 9.05 Å². The quantitative estimate of drug-likeness (QED) is 0.477. The molecule has 0 aliphatic carbocycles. The van der Waals surface area contributed by atoms with Gasteiger partial charge in [-0.05, 0) is 25.1 Å². The minimum atomic E-state index is -0.0711. The molecule has 142 valence electrons. The molecule has 4 aromatic rings. The van der Waals surface area contributed by atoms with Gasteiger partial charge >= 0.3 is 0 Å². The molecule has 28 heavy (non-hydrogen) atoms. The van der Waals surface area contributed by atoms with Gasteiger partial charge in [0.05, 0.1) is 18.5 Å². The monoisotopic (exact) mass is 374 g/mol. The van der Waals surface area contributed by atoms with Gasteiger partial charge in [0, 0.05) is 6.07 Å². The molecule has 0 amide bonds. The van der Waals surface area contributed by atoms with Crippen molar-refractivity contribution in [2.75, 3.05) is 7.05 Å². The Morgan fingerprint density at radius 2 is 1.54 bits per heavy atom. The van der Waals surface area contributed by atoms with Crippen LogP contribution in [0, 0.1) is 0 Å². The van der Waals surface area contributed by atoms with Crippen LogP contribution in [0.25, 0.3) is 0 Å². The highest BCUT2D eigenvalue weighted by Gasteiger charge is 2.23. The molecule has 0 saturated carbocycles. The van der Waals surface area contributed by atoms with Crippen LogP contribution in [-0.2, 0) is 6.54 Å². The lowest BCUT2D eigenvalue weighted by molar-refractivity contribution is 0.208. The number of nitrogens with zero attached hydrogens (tertiary/aromatic N) is 4. The molecule has 0 aliphatic heterocycles. The van der Waals surface area contributed by atoms with Crippen LogP contribution in [-0.4, -0.2) is 27.2 Å². The third kappa shape index (κ3) is 3.87. The molecule has 2 heterocycles. The lowest BCUT2D eigenvalue weighted by Crippen LogP contribution is -2.22. The van der Waals surface area contributed by atoms with Crippen LogP contribution < -0.4 is 0 Å². The van der Waals surface area contributed by atoms with E-state index < -0.39 is 0 Å². The fraction of sp³-hybridized carbons (Fsp3) is 0.227. The lowest BCUT2D eigenvalue weighted by atomic mass is 9.91. The minimum Gasteiger partial charge on any atom is -0.364 e. The van der Waals surface area contributed by atoms with Crippen LogP contribution in [0.4, 0.5) is 0 Å². The van der Waals surface area contributed by atoms with Crippen molar-refractivity contribution < 1.29 is 9.05 Å². The van der Waals surface area contributed by atoms with E-state index in [1.165, 1.54) is 0 Å². The Kier molecular flexibility index (Phi) is 5.30. The Morgan fingerprint density at radius 3 is 2.11 bits per heavy atom. The Morgan fingerprint density at radius 1 is 0.893 bits per heavy atom. The van der Waals surface area contributed by atoms with Crippen molar-refractivity contribution in [2.45, 2.75) is 25.4 Å². The van der Waals surface area contributed by atoms with Gasteiger partial charge in [0.15, 0.2) is 5.82 Å². The molecule has 4 rings (SSSR count). The first kappa shape index (κ1) is 18.1. The van der Waals surface area contributed by atoms with Crippen LogP contribution in [0.5, 0.6) is 0 Å². The van der Waals surface area contributed by atoms with Gasteiger partial charge in [-0.15, -0.1) is 0 Å². The molecule has 0 bridgehead atoms. The van der Waals surface area contributed by atoms with Gasteiger partial charge in [0.25, 0.3) is 0 Å². The van der Waals surface area contributed by atoms with Crippen molar-refractivity contribution in [1.82, 2.24) is 20.2 Å². The summed E-state index contributed by atoms with van der Waals surface area (Å²) < 4.78 is 10.5. The minimum absolute atomic E-state index is 0.0711. The summed E-state index contributed by atoms with van der Waals surface area (Å²) in [5.74, 6) is 1.16. The van der Waals surface area contributed by atoms with E-state index in [0.29, 0.717) is 18.3 Å². The molecule has 6 heteroatoms. The molecule has 6 nitrogen and oxygen atoms in total. The van der Waals surface area contributed by atoms with E-state index in [-0.39, 0.29) is 12.0 Å².